The first-order valence-corrected chi connectivity index (χ1v) is 6.31. The fourth-order valence-corrected chi connectivity index (χ4v) is 2.20. The van der Waals surface area contributed by atoms with E-state index in [9.17, 15) is 4.79 Å². The van der Waals surface area contributed by atoms with E-state index in [0.29, 0.717) is 25.1 Å². The second-order valence-corrected chi connectivity index (χ2v) is 4.63. The van der Waals surface area contributed by atoms with Crippen molar-refractivity contribution in [2.45, 2.75) is 45.1 Å². The predicted molar refractivity (Wildman–Crippen MR) is 64.1 cm³/mol. The third-order valence-electron chi connectivity index (χ3n) is 3.20. The van der Waals surface area contributed by atoms with Crippen molar-refractivity contribution in [3.05, 3.63) is 0 Å². The van der Waals surface area contributed by atoms with Gasteiger partial charge < -0.3 is 15.8 Å². The van der Waals surface area contributed by atoms with E-state index in [-0.39, 0.29) is 12.5 Å². The van der Waals surface area contributed by atoms with Gasteiger partial charge in [-0.05, 0) is 18.8 Å². The van der Waals surface area contributed by atoms with Gasteiger partial charge in [-0.3, -0.25) is 4.79 Å². The number of ether oxygens (including phenoxy) is 1. The Bertz CT molecular complexity index is 209. The van der Waals surface area contributed by atoms with Gasteiger partial charge in [-0.25, -0.2) is 0 Å². The van der Waals surface area contributed by atoms with Crippen molar-refractivity contribution in [3.63, 3.8) is 0 Å². The predicted octanol–water partition coefficient (Wildman–Crippen LogP) is 1.05. The SMILES string of the molecule is CC1CCCCCC1NC(=O)COCCN. The Morgan fingerprint density at radius 3 is 2.88 bits per heavy atom. The van der Waals surface area contributed by atoms with E-state index >= 15 is 0 Å². The summed E-state index contributed by atoms with van der Waals surface area (Å²) in [7, 11) is 0. The summed E-state index contributed by atoms with van der Waals surface area (Å²) in [6.45, 7) is 3.28. The van der Waals surface area contributed by atoms with Crippen molar-refractivity contribution in [1.82, 2.24) is 5.32 Å². The molecule has 0 aromatic carbocycles. The minimum absolute atomic E-state index is 0.00722. The molecule has 1 aliphatic carbocycles. The molecule has 0 bridgehead atoms. The van der Waals surface area contributed by atoms with Gasteiger partial charge in [-0.1, -0.05) is 26.2 Å². The number of amides is 1. The van der Waals surface area contributed by atoms with Crippen LogP contribution in [0.2, 0.25) is 0 Å². The minimum atomic E-state index is -0.00722. The van der Waals surface area contributed by atoms with E-state index in [1.54, 1.807) is 0 Å². The Labute approximate surface area is 97.9 Å². The number of hydrogen-bond acceptors (Lipinski definition) is 3. The summed E-state index contributed by atoms with van der Waals surface area (Å²) in [5.74, 6) is 0.577. The quantitative estimate of drug-likeness (QED) is 0.546. The zero-order valence-corrected chi connectivity index (χ0v) is 10.2. The topological polar surface area (TPSA) is 64.3 Å². The van der Waals surface area contributed by atoms with Crippen molar-refractivity contribution in [2.24, 2.45) is 11.7 Å². The van der Waals surface area contributed by atoms with Gasteiger partial charge in [-0.15, -0.1) is 0 Å². The molecule has 1 rings (SSSR count). The standard InChI is InChI=1S/C12H24N2O2/c1-10-5-3-2-4-6-11(10)14-12(15)9-16-8-7-13/h10-11H,2-9,13H2,1H3,(H,14,15). The molecular formula is C12H24N2O2. The highest BCUT2D eigenvalue weighted by Gasteiger charge is 2.21. The van der Waals surface area contributed by atoms with E-state index in [2.05, 4.69) is 12.2 Å². The van der Waals surface area contributed by atoms with Gasteiger partial charge >= 0.3 is 0 Å². The van der Waals surface area contributed by atoms with Crippen LogP contribution < -0.4 is 11.1 Å². The summed E-state index contributed by atoms with van der Waals surface area (Å²) in [5.41, 5.74) is 5.29. The van der Waals surface area contributed by atoms with Crippen LogP contribution in [-0.2, 0) is 9.53 Å². The highest BCUT2D eigenvalue weighted by molar-refractivity contribution is 5.77. The molecule has 0 aromatic rings. The maximum Gasteiger partial charge on any atom is 0.246 e. The Morgan fingerprint density at radius 1 is 1.38 bits per heavy atom. The molecule has 1 aliphatic rings. The molecule has 0 saturated heterocycles. The monoisotopic (exact) mass is 228 g/mol. The Kier molecular flexibility index (Phi) is 6.42. The lowest BCUT2D eigenvalue weighted by Crippen LogP contribution is -2.40. The molecule has 2 atom stereocenters. The molecule has 1 saturated carbocycles. The molecule has 0 aliphatic heterocycles. The minimum Gasteiger partial charge on any atom is -0.370 e. The van der Waals surface area contributed by atoms with E-state index in [0.717, 1.165) is 6.42 Å². The molecule has 1 fully saturated rings. The van der Waals surface area contributed by atoms with Crippen LogP contribution in [0.5, 0.6) is 0 Å². The van der Waals surface area contributed by atoms with Crippen molar-refractivity contribution < 1.29 is 9.53 Å². The second kappa shape index (κ2) is 7.63. The van der Waals surface area contributed by atoms with Gasteiger partial charge in [0.1, 0.15) is 6.61 Å². The summed E-state index contributed by atoms with van der Waals surface area (Å²) >= 11 is 0. The van der Waals surface area contributed by atoms with Gasteiger partial charge in [0.05, 0.1) is 6.61 Å². The maximum absolute atomic E-state index is 11.6. The second-order valence-electron chi connectivity index (χ2n) is 4.63. The van der Waals surface area contributed by atoms with Gasteiger partial charge in [0.15, 0.2) is 0 Å². The van der Waals surface area contributed by atoms with E-state index in [1.807, 2.05) is 0 Å². The van der Waals surface area contributed by atoms with Crippen LogP contribution >= 0.6 is 0 Å². The highest BCUT2D eigenvalue weighted by Crippen LogP contribution is 2.22. The summed E-state index contributed by atoms with van der Waals surface area (Å²) in [6, 6.07) is 0.330. The van der Waals surface area contributed by atoms with E-state index in [1.165, 1.54) is 25.7 Å². The fourth-order valence-electron chi connectivity index (χ4n) is 2.20. The number of nitrogens with one attached hydrogen (secondary N) is 1. The van der Waals surface area contributed by atoms with Crippen molar-refractivity contribution in [3.8, 4) is 0 Å². The normalized spacial score (nSPS) is 26.1. The number of hydrogen-bond donors (Lipinski definition) is 2. The lowest BCUT2D eigenvalue weighted by atomic mass is 9.97. The third-order valence-corrected chi connectivity index (χ3v) is 3.20. The molecule has 3 N–H and O–H groups in total. The van der Waals surface area contributed by atoms with Crippen LogP contribution in [0.4, 0.5) is 0 Å². The molecule has 4 heteroatoms. The van der Waals surface area contributed by atoms with Crippen LogP contribution in [-0.4, -0.2) is 31.7 Å². The van der Waals surface area contributed by atoms with Crippen LogP contribution in [0.15, 0.2) is 0 Å². The Morgan fingerprint density at radius 2 is 2.12 bits per heavy atom. The third kappa shape index (κ3) is 4.94. The first kappa shape index (κ1) is 13.5. The number of carbonyl (C=O) groups is 1. The molecule has 0 radical (unpaired) electrons. The van der Waals surface area contributed by atoms with Gasteiger partial charge in [0.2, 0.25) is 5.91 Å². The molecule has 2 unspecified atom stereocenters. The Hall–Kier alpha value is -0.610. The maximum atomic E-state index is 11.6. The average molecular weight is 228 g/mol. The molecule has 0 heterocycles. The summed E-state index contributed by atoms with van der Waals surface area (Å²) in [5, 5.41) is 3.06. The van der Waals surface area contributed by atoms with Crippen LogP contribution in [0.3, 0.4) is 0 Å². The number of carbonyl (C=O) groups excluding carboxylic acids is 1. The molecule has 0 aromatic heterocycles. The summed E-state index contributed by atoms with van der Waals surface area (Å²) in [6.07, 6.45) is 6.12. The fraction of sp³-hybridized carbons (Fsp3) is 0.917. The average Bonchev–Trinajstić information content (AvgIpc) is 2.45. The van der Waals surface area contributed by atoms with Gasteiger partial charge in [0, 0.05) is 12.6 Å². The first-order valence-electron chi connectivity index (χ1n) is 6.31. The van der Waals surface area contributed by atoms with Gasteiger partial charge in [-0.2, -0.15) is 0 Å². The van der Waals surface area contributed by atoms with Crippen molar-refractivity contribution in [2.75, 3.05) is 19.8 Å². The van der Waals surface area contributed by atoms with Gasteiger partial charge in [0.25, 0.3) is 0 Å². The van der Waals surface area contributed by atoms with E-state index in [4.69, 9.17) is 10.5 Å². The number of rotatable bonds is 5. The smallest absolute Gasteiger partial charge is 0.246 e. The van der Waals surface area contributed by atoms with E-state index < -0.39 is 0 Å². The van der Waals surface area contributed by atoms with Crippen molar-refractivity contribution in [1.29, 1.82) is 0 Å². The largest absolute Gasteiger partial charge is 0.370 e. The molecule has 16 heavy (non-hydrogen) atoms. The zero-order chi connectivity index (χ0) is 11.8. The lowest BCUT2D eigenvalue weighted by Gasteiger charge is -2.22. The molecule has 0 spiro atoms. The zero-order valence-electron chi connectivity index (χ0n) is 10.2. The van der Waals surface area contributed by atoms with Crippen LogP contribution in [0, 0.1) is 5.92 Å². The molecule has 4 nitrogen and oxygen atoms in total. The lowest BCUT2D eigenvalue weighted by molar-refractivity contribution is -0.126. The molecule has 1 amide bonds. The van der Waals surface area contributed by atoms with Crippen LogP contribution in [0.1, 0.15) is 39.0 Å². The molecular weight excluding hydrogens is 204 g/mol. The summed E-state index contributed by atoms with van der Waals surface area (Å²) < 4.78 is 5.12. The van der Waals surface area contributed by atoms with Crippen LogP contribution in [0.25, 0.3) is 0 Å². The number of nitrogens with two attached hydrogens (primary N) is 1. The molecule has 94 valence electrons. The first-order chi connectivity index (χ1) is 7.74. The highest BCUT2D eigenvalue weighted by atomic mass is 16.5. The Balaban J connectivity index is 2.25. The summed E-state index contributed by atoms with van der Waals surface area (Å²) in [4.78, 5) is 11.6. The van der Waals surface area contributed by atoms with Crippen molar-refractivity contribution >= 4 is 5.91 Å².